The molecular weight excluding hydrogens is 218 g/mol. The molecule has 0 radical (unpaired) electrons. The van der Waals surface area contributed by atoms with Gasteiger partial charge in [0, 0.05) is 0 Å². The average molecular weight is 237 g/mol. The molecule has 92 valence electrons. The largest absolute Gasteiger partial charge is 0.391 e. The summed E-state index contributed by atoms with van der Waals surface area (Å²) in [5.74, 6) is 1.13. The predicted molar refractivity (Wildman–Crippen MR) is 59.3 cm³/mol. The number of aryl methyl sites for hydroxylation is 1. The second-order valence-corrected chi connectivity index (χ2v) is 6.07. The summed E-state index contributed by atoms with van der Waals surface area (Å²) in [4.78, 5) is 11.7. The van der Waals surface area contributed by atoms with Gasteiger partial charge in [-0.25, -0.2) is 13.8 Å². The zero-order chi connectivity index (χ0) is 12.4. The van der Waals surface area contributed by atoms with Crippen LogP contribution in [0.4, 0.5) is 0 Å². The van der Waals surface area contributed by atoms with Gasteiger partial charge in [0.25, 0.3) is 0 Å². The van der Waals surface area contributed by atoms with Gasteiger partial charge in [0.15, 0.2) is 13.1 Å². The standard InChI is InChI=1S/C12H19N3O2/c1-12(2,3)15-7-9-13(4)5-6-14(9)11(15)17-10(16)8-15/h5-6,11H,7-8H2,1-4H3/q+2. The molecule has 0 bridgehead atoms. The summed E-state index contributed by atoms with van der Waals surface area (Å²) < 4.78 is 10.4. The summed E-state index contributed by atoms with van der Waals surface area (Å²) in [5, 5.41) is 0. The summed E-state index contributed by atoms with van der Waals surface area (Å²) in [6.07, 6.45) is 3.83. The van der Waals surface area contributed by atoms with Gasteiger partial charge in [-0.05, 0) is 20.8 Å². The van der Waals surface area contributed by atoms with Crippen LogP contribution in [0.1, 0.15) is 32.9 Å². The van der Waals surface area contributed by atoms with Gasteiger partial charge in [0.2, 0.25) is 0 Å². The lowest BCUT2D eigenvalue weighted by atomic mass is 10.0. The number of hydrogen-bond donors (Lipinski definition) is 0. The van der Waals surface area contributed by atoms with Gasteiger partial charge in [0.1, 0.15) is 12.4 Å². The zero-order valence-electron chi connectivity index (χ0n) is 10.8. The number of carbonyl (C=O) groups is 1. The van der Waals surface area contributed by atoms with E-state index in [1.807, 2.05) is 19.4 Å². The van der Waals surface area contributed by atoms with E-state index in [0.29, 0.717) is 11.0 Å². The number of hydrogen-bond acceptors (Lipinski definition) is 2. The lowest BCUT2D eigenvalue weighted by molar-refractivity contribution is -1.01. The molecule has 0 saturated carbocycles. The monoisotopic (exact) mass is 237 g/mol. The van der Waals surface area contributed by atoms with Gasteiger partial charge >= 0.3 is 18.1 Å². The Kier molecular flexibility index (Phi) is 1.84. The molecule has 2 unspecified atom stereocenters. The normalized spacial score (nSPS) is 31.3. The number of rotatable bonds is 0. The van der Waals surface area contributed by atoms with Gasteiger partial charge in [-0.2, -0.15) is 0 Å². The third-order valence-corrected chi connectivity index (χ3v) is 4.22. The smallest absolute Gasteiger partial charge is 0.369 e. The number of aromatic nitrogens is 2. The number of ether oxygens (including phenoxy) is 1. The van der Waals surface area contributed by atoms with E-state index < -0.39 is 0 Å². The SMILES string of the molecule is C[n+]1ccn2c1C[N+]1(C(C)(C)C)CC(=O)OC21. The highest BCUT2D eigenvalue weighted by molar-refractivity contribution is 5.72. The average Bonchev–Trinajstić information content (AvgIpc) is 2.76. The molecule has 0 amide bonds. The van der Waals surface area contributed by atoms with Crippen LogP contribution in [-0.2, 0) is 23.1 Å². The van der Waals surface area contributed by atoms with E-state index >= 15 is 0 Å². The second kappa shape index (κ2) is 2.90. The zero-order valence-corrected chi connectivity index (χ0v) is 10.8. The molecule has 1 aromatic rings. The molecular formula is C12H19N3O2+2. The first-order chi connectivity index (χ1) is 7.85. The maximum Gasteiger partial charge on any atom is 0.391 e. The van der Waals surface area contributed by atoms with Crippen LogP contribution in [0.3, 0.4) is 0 Å². The van der Waals surface area contributed by atoms with E-state index in [1.165, 1.54) is 5.82 Å². The van der Waals surface area contributed by atoms with E-state index in [4.69, 9.17) is 4.74 Å². The van der Waals surface area contributed by atoms with Gasteiger partial charge in [-0.1, -0.05) is 0 Å². The second-order valence-electron chi connectivity index (χ2n) is 6.07. The number of esters is 1. The third kappa shape index (κ3) is 1.17. The van der Waals surface area contributed by atoms with Crippen molar-refractivity contribution in [2.75, 3.05) is 6.54 Å². The Morgan fingerprint density at radius 2 is 2.18 bits per heavy atom. The van der Waals surface area contributed by atoms with Crippen molar-refractivity contribution in [1.29, 1.82) is 0 Å². The lowest BCUT2D eigenvalue weighted by Crippen LogP contribution is -2.57. The van der Waals surface area contributed by atoms with Crippen molar-refractivity contribution in [3.8, 4) is 0 Å². The summed E-state index contributed by atoms with van der Waals surface area (Å²) in [5.41, 5.74) is -0.0111. The van der Waals surface area contributed by atoms with Crippen LogP contribution in [-0.4, -0.2) is 27.1 Å². The van der Waals surface area contributed by atoms with Crippen LogP contribution in [0.2, 0.25) is 0 Å². The minimum absolute atomic E-state index is 0.0111. The van der Waals surface area contributed by atoms with Crippen molar-refractivity contribution in [2.45, 2.75) is 39.2 Å². The lowest BCUT2D eigenvalue weighted by Gasteiger charge is -2.40. The Morgan fingerprint density at radius 1 is 1.47 bits per heavy atom. The van der Waals surface area contributed by atoms with Gasteiger partial charge < -0.3 is 4.74 Å². The van der Waals surface area contributed by atoms with Gasteiger partial charge in [0.05, 0.1) is 12.6 Å². The number of quaternary nitrogens is 1. The van der Waals surface area contributed by atoms with Crippen LogP contribution in [0, 0.1) is 0 Å². The molecule has 1 fully saturated rings. The number of fused-ring (bicyclic) bond motifs is 3. The fourth-order valence-electron chi connectivity index (χ4n) is 2.97. The minimum Gasteiger partial charge on any atom is -0.369 e. The molecule has 2 aliphatic heterocycles. The van der Waals surface area contributed by atoms with Crippen molar-refractivity contribution in [3.05, 3.63) is 18.2 Å². The number of imidazole rings is 1. The highest BCUT2D eigenvalue weighted by atomic mass is 16.6. The van der Waals surface area contributed by atoms with E-state index in [1.54, 1.807) is 0 Å². The highest BCUT2D eigenvalue weighted by Crippen LogP contribution is 2.45. The molecule has 5 heteroatoms. The maximum atomic E-state index is 11.7. The molecule has 3 rings (SSSR count). The molecule has 0 aromatic carbocycles. The first-order valence-electron chi connectivity index (χ1n) is 5.97. The molecule has 5 nitrogen and oxygen atoms in total. The Labute approximate surface area is 101 Å². The number of nitrogens with zero attached hydrogens (tertiary/aromatic N) is 3. The molecule has 0 aliphatic carbocycles. The fraction of sp³-hybridized carbons (Fsp3) is 0.667. The molecule has 2 aliphatic rings. The third-order valence-electron chi connectivity index (χ3n) is 4.22. The molecule has 3 heterocycles. The van der Waals surface area contributed by atoms with Crippen molar-refractivity contribution in [1.82, 2.24) is 4.57 Å². The van der Waals surface area contributed by atoms with E-state index in [0.717, 1.165) is 6.54 Å². The molecule has 0 spiro atoms. The van der Waals surface area contributed by atoms with Crippen LogP contribution >= 0.6 is 0 Å². The topological polar surface area (TPSA) is 35.1 Å². The molecule has 1 aromatic heterocycles. The Balaban J connectivity index is 2.15. The summed E-state index contributed by atoms with van der Waals surface area (Å²) in [7, 11) is 2.04. The first kappa shape index (κ1) is 10.8. The van der Waals surface area contributed by atoms with Gasteiger partial charge in [-0.15, -0.1) is 4.57 Å². The van der Waals surface area contributed by atoms with Crippen molar-refractivity contribution >= 4 is 5.97 Å². The van der Waals surface area contributed by atoms with Gasteiger partial charge in [-0.3, -0.25) is 0 Å². The number of carbonyl (C=O) groups excluding carboxylic acids is 1. The quantitative estimate of drug-likeness (QED) is 0.373. The fourth-order valence-corrected chi connectivity index (χ4v) is 2.97. The maximum absolute atomic E-state index is 11.7. The van der Waals surface area contributed by atoms with Crippen LogP contribution in [0.15, 0.2) is 12.4 Å². The summed E-state index contributed by atoms with van der Waals surface area (Å²) in [6, 6.07) is 0. The van der Waals surface area contributed by atoms with Crippen LogP contribution in [0.25, 0.3) is 0 Å². The molecule has 2 atom stereocenters. The summed E-state index contributed by atoms with van der Waals surface area (Å²) in [6.45, 7) is 7.84. The van der Waals surface area contributed by atoms with Crippen LogP contribution < -0.4 is 4.57 Å². The van der Waals surface area contributed by atoms with E-state index in [9.17, 15) is 4.79 Å². The minimum atomic E-state index is -0.182. The highest BCUT2D eigenvalue weighted by Gasteiger charge is 2.65. The van der Waals surface area contributed by atoms with Crippen molar-refractivity contribution < 1.29 is 18.6 Å². The van der Waals surface area contributed by atoms with Crippen molar-refractivity contribution in [2.24, 2.45) is 7.05 Å². The summed E-state index contributed by atoms with van der Waals surface area (Å²) >= 11 is 0. The predicted octanol–water partition coefficient (Wildman–Crippen LogP) is 0.454. The Morgan fingerprint density at radius 3 is 2.82 bits per heavy atom. The Bertz CT molecular complexity index is 500. The van der Waals surface area contributed by atoms with E-state index in [-0.39, 0.29) is 17.9 Å². The molecule has 1 saturated heterocycles. The first-order valence-corrected chi connectivity index (χ1v) is 5.97. The Hall–Kier alpha value is -1.36. The molecule has 0 N–H and O–H groups in total. The van der Waals surface area contributed by atoms with Crippen LogP contribution in [0.5, 0.6) is 0 Å². The van der Waals surface area contributed by atoms with Crippen molar-refractivity contribution in [3.63, 3.8) is 0 Å². The van der Waals surface area contributed by atoms with E-state index in [2.05, 4.69) is 29.9 Å². The molecule has 17 heavy (non-hydrogen) atoms.